The summed E-state index contributed by atoms with van der Waals surface area (Å²) in [7, 11) is 1.72. The summed E-state index contributed by atoms with van der Waals surface area (Å²) in [5.41, 5.74) is 3.15. The number of hydrogen-bond donors (Lipinski definition) is 0. The van der Waals surface area contributed by atoms with Crippen LogP contribution >= 0.6 is 22.6 Å². The van der Waals surface area contributed by atoms with E-state index in [0.717, 1.165) is 25.9 Å². The first kappa shape index (κ1) is 19.5. The minimum absolute atomic E-state index is 0.339. The molecule has 0 saturated heterocycles. The first-order valence-electron chi connectivity index (χ1n) is 8.60. The van der Waals surface area contributed by atoms with E-state index in [9.17, 15) is 4.79 Å². The molecule has 0 unspecified atom stereocenters. The van der Waals surface area contributed by atoms with Crippen molar-refractivity contribution in [2.75, 3.05) is 13.6 Å². The quantitative estimate of drug-likeness (QED) is 0.419. The zero-order valence-corrected chi connectivity index (χ0v) is 18.0. The first-order valence-corrected chi connectivity index (χ1v) is 9.68. The third-order valence-electron chi connectivity index (χ3n) is 3.84. The summed E-state index contributed by atoms with van der Waals surface area (Å²) in [6, 6.07) is 5.91. The second-order valence-electron chi connectivity index (χ2n) is 7.29. The van der Waals surface area contributed by atoms with Gasteiger partial charge in [0.25, 0.3) is 0 Å². The van der Waals surface area contributed by atoms with Crippen LogP contribution in [0.1, 0.15) is 20.8 Å². The molecule has 3 heterocycles. The van der Waals surface area contributed by atoms with Crippen LogP contribution in [0.4, 0.5) is 4.79 Å². The molecular weight excluding hydrogens is 457 g/mol. The standard InChI is InChI=1S/C19H22IN5O2/c1-19(2,3)27-18(26)24(4)7-8-25-12-14(11-22-25)13-9-16-15(21-10-13)5-6-17(20)23-16/h5-6,9-12H,7-8H2,1-4H3. The molecule has 0 aliphatic carbocycles. The molecule has 3 rings (SSSR count). The van der Waals surface area contributed by atoms with E-state index >= 15 is 0 Å². The lowest BCUT2D eigenvalue weighted by molar-refractivity contribution is 0.0292. The molecule has 0 saturated carbocycles. The van der Waals surface area contributed by atoms with Gasteiger partial charge in [0, 0.05) is 37.1 Å². The Balaban J connectivity index is 1.67. The lowest BCUT2D eigenvalue weighted by Crippen LogP contribution is -2.35. The van der Waals surface area contributed by atoms with Crippen molar-refractivity contribution >= 4 is 39.7 Å². The normalized spacial score (nSPS) is 11.6. The van der Waals surface area contributed by atoms with Gasteiger partial charge in [0.15, 0.2) is 0 Å². The number of carbonyl (C=O) groups is 1. The smallest absolute Gasteiger partial charge is 0.410 e. The van der Waals surface area contributed by atoms with Gasteiger partial charge in [0.1, 0.15) is 9.30 Å². The number of rotatable bonds is 4. The van der Waals surface area contributed by atoms with Crippen LogP contribution in [0.15, 0.2) is 36.8 Å². The maximum atomic E-state index is 12.0. The summed E-state index contributed by atoms with van der Waals surface area (Å²) in [4.78, 5) is 22.6. The van der Waals surface area contributed by atoms with Crippen LogP contribution in [0, 0.1) is 3.70 Å². The van der Waals surface area contributed by atoms with E-state index in [1.54, 1.807) is 18.1 Å². The van der Waals surface area contributed by atoms with Crippen molar-refractivity contribution < 1.29 is 9.53 Å². The average Bonchev–Trinajstić information content (AvgIpc) is 3.06. The molecule has 0 radical (unpaired) electrons. The summed E-state index contributed by atoms with van der Waals surface area (Å²) in [6.45, 7) is 6.64. The Morgan fingerprint density at radius 3 is 2.74 bits per heavy atom. The third-order valence-corrected chi connectivity index (χ3v) is 4.44. The van der Waals surface area contributed by atoms with E-state index in [0.29, 0.717) is 13.1 Å². The van der Waals surface area contributed by atoms with Gasteiger partial charge < -0.3 is 9.64 Å². The zero-order valence-electron chi connectivity index (χ0n) is 15.8. The van der Waals surface area contributed by atoms with Gasteiger partial charge in [-0.05, 0) is 61.6 Å². The fourth-order valence-corrected chi connectivity index (χ4v) is 2.90. The molecule has 0 fully saturated rings. The molecule has 0 aromatic carbocycles. The molecule has 0 atom stereocenters. The molecule has 27 heavy (non-hydrogen) atoms. The van der Waals surface area contributed by atoms with Crippen molar-refractivity contribution in [3.63, 3.8) is 0 Å². The van der Waals surface area contributed by atoms with Crippen molar-refractivity contribution in [1.82, 2.24) is 24.6 Å². The average molecular weight is 479 g/mol. The minimum Gasteiger partial charge on any atom is -0.444 e. The van der Waals surface area contributed by atoms with Crippen LogP contribution in [0.3, 0.4) is 0 Å². The Hall–Kier alpha value is -2.23. The van der Waals surface area contributed by atoms with Gasteiger partial charge in [-0.3, -0.25) is 9.67 Å². The molecule has 1 amide bonds. The number of aromatic nitrogens is 4. The van der Waals surface area contributed by atoms with Crippen LogP contribution in [0.25, 0.3) is 22.2 Å². The summed E-state index contributed by atoms with van der Waals surface area (Å²) >= 11 is 2.19. The van der Waals surface area contributed by atoms with Gasteiger partial charge >= 0.3 is 6.09 Å². The lowest BCUT2D eigenvalue weighted by Gasteiger charge is -2.24. The Morgan fingerprint density at radius 2 is 2.00 bits per heavy atom. The Kier molecular flexibility index (Phi) is 5.64. The monoisotopic (exact) mass is 479 g/mol. The Labute approximate surface area is 171 Å². The Morgan fingerprint density at radius 1 is 1.22 bits per heavy atom. The van der Waals surface area contributed by atoms with E-state index < -0.39 is 5.60 Å². The van der Waals surface area contributed by atoms with Crippen molar-refractivity contribution in [3.05, 3.63) is 40.5 Å². The highest BCUT2D eigenvalue weighted by Crippen LogP contribution is 2.22. The van der Waals surface area contributed by atoms with E-state index in [1.165, 1.54) is 0 Å². The fraction of sp³-hybridized carbons (Fsp3) is 0.368. The second kappa shape index (κ2) is 7.79. The van der Waals surface area contributed by atoms with Crippen LogP contribution in [-0.4, -0.2) is 49.9 Å². The van der Waals surface area contributed by atoms with Gasteiger partial charge in [-0.15, -0.1) is 0 Å². The van der Waals surface area contributed by atoms with Crippen LogP contribution in [-0.2, 0) is 11.3 Å². The number of nitrogens with zero attached hydrogens (tertiary/aromatic N) is 5. The molecule has 0 spiro atoms. The number of carbonyl (C=O) groups excluding carboxylic acids is 1. The van der Waals surface area contributed by atoms with Crippen LogP contribution in [0.5, 0.6) is 0 Å². The molecular formula is C19H22IN5O2. The lowest BCUT2D eigenvalue weighted by atomic mass is 10.1. The zero-order chi connectivity index (χ0) is 19.6. The fourth-order valence-electron chi connectivity index (χ4n) is 2.46. The number of halogens is 1. The molecule has 0 aliphatic rings. The van der Waals surface area contributed by atoms with Crippen molar-refractivity contribution in [2.45, 2.75) is 32.9 Å². The van der Waals surface area contributed by atoms with Gasteiger partial charge in [-0.2, -0.15) is 5.10 Å². The topological polar surface area (TPSA) is 73.1 Å². The first-order chi connectivity index (χ1) is 12.7. The number of likely N-dealkylation sites (N-methyl/N-ethyl adjacent to an activating group) is 1. The third kappa shape index (κ3) is 5.15. The van der Waals surface area contributed by atoms with Crippen molar-refractivity contribution in [1.29, 1.82) is 0 Å². The second-order valence-corrected chi connectivity index (χ2v) is 8.40. The number of fused-ring (bicyclic) bond motifs is 1. The van der Waals surface area contributed by atoms with Crippen LogP contribution < -0.4 is 0 Å². The summed E-state index contributed by atoms with van der Waals surface area (Å²) in [5.74, 6) is 0. The largest absolute Gasteiger partial charge is 0.444 e. The van der Waals surface area contributed by atoms with Crippen molar-refractivity contribution in [3.8, 4) is 11.1 Å². The number of amides is 1. The number of ether oxygens (including phenoxy) is 1. The van der Waals surface area contributed by atoms with Crippen LogP contribution in [0.2, 0.25) is 0 Å². The molecule has 3 aromatic rings. The van der Waals surface area contributed by atoms with E-state index in [1.807, 2.05) is 56.0 Å². The minimum atomic E-state index is -0.501. The van der Waals surface area contributed by atoms with Crippen molar-refractivity contribution in [2.24, 2.45) is 0 Å². The van der Waals surface area contributed by atoms with E-state index in [4.69, 9.17) is 4.74 Å². The van der Waals surface area contributed by atoms with E-state index in [2.05, 4.69) is 37.7 Å². The van der Waals surface area contributed by atoms with Gasteiger partial charge in [-0.1, -0.05) is 0 Å². The molecule has 7 nitrogen and oxygen atoms in total. The molecule has 0 N–H and O–H groups in total. The summed E-state index contributed by atoms with van der Waals surface area (Å²) in [5, 5.41) is 4.38. The predicted molar refractivity (Wildman–Crippen MR) is 112 cm³/mol. The van der Waals surface area contributed by atoms with Gasteiger partial charge in [0.05, 0.1) is 23.8 Å². The summed E-state index contributed by atoms with van der Waals surface area (Å²) < 4.78 is 8.09. The van der Waals surface area contributed by atoms with Gasteiger partial charge in [-0.25, -0.2) is 9.78 Å². The predicted octanol–water partition coefficient (Wildman–Crippen LogP) is 3.96. The van der Waals surface area contributed by atoms with E-state index in [-0.39, 0.29) is 6.09 Å². The highest BCUT2D eigenvalue weighted by molar-refractivity contribution is 14.1. The molecule has 8 heteroatoms. The highest BCUT2D eigenvalue weighted by Gasteiger charge is 2.19. The molecule has 0 bridgehead atoms. The SMILES string of the molecule is CN(CCn1cc(-c2cnc3ccc(I)nc3c2)cn1)C(=O)OC(C)(C)C. The summed E-state index contributed by atoms with van der Waals surface area (Å²) in [6.07, 6.45) is 5.23. The van der Waals surface area contributed by atoms with Gasteiger partial charge in [0.2, 0.25) is 0 Å². The number of hydrogen-bond acceptors (Lipinski definition) is 5. The highest BCUT2D eigenvalue weighted by atomic mass is 127. The maximum Gasteiger partial charge on any atom is 0.410 e. The number of pyridine rings is 2. The maximum absolute atomic E-state index is 12.0. The Bertz CT molecular complexity index is 964. The molecule has 142 valence electrons. The molecule has 0 aliphatic heterocycles. The molecule has 3 aromatic heterocycles.